The molecule has 2 aliphatic rings. The van der Waals surface area contributed by atoms with Gasteiger partial charge in [0.15, 0.2) is 0 Å². The molecule has 6 amide bonds. The quantitative estimate of drug-likeness (QED) is 0.167. The minimum atomic E-state index is -4.73. The van der Waals surface area contributed by atoms with Crippen LogP contribution in [0.15, 0.2) is 30.3 Å². The topological polar surface area (TPSA) is 173 Å². The summed E-state index contributed by atoms with van der Waals surface area (Å²) < 4.78 is 31.4. The second-order valence-corrected chi connectivity index (χ2v) is 9.12. The molecule has 2 aliphatic heterocycles. The Morgan fingerprint density at radius 1 is 1.09 bits per heavy atom. The Bertz CT molecular complexity index is 1120. The first-order valence-electron chi connectivity index (χ1n) is 10.6. The van der Waals surface area contributed by atoms with E-state index in [0.29, 0.717) is 18.5 Å². The number of carbonyl (C=O) groups is 5. The minimum absolute atomic E-state index is 0. The second-order valence-electron chi connectivity index (χ2n) is 7.78. The van der Waals surface area contributed by atoms with E-state index in [1.807, 2.05) is 0 Å². The van der Waals surface area contributed by atoms with Crippen molar-refractivity contribution in [1.29, 1.82) is 0 Å². The molecule has 2 unspecified atom stereocenters. The van der Waals surface area contributed by atoms with Crippen molar-refractivity contribution >= 4 is 69.5 Å². The molecular formula is C20H26N5NaO8S. The number of nitrogens with zero attached hydrogens (tertiary/aromatic N) is 3. The molecule has 2 heterocycles. The van der Waals surface area contributed by atoms with Gasteiger partial charge in [-0.05, 0) is 18.9 Å². The Balaban J connectivity index is 0.00000432. The Hall–Kier alpha value is -2.52. The molecule has 2 saturated heterocycles. The van der Waals surface area contributed by atoms with Gasteiger partial charge in [-0.1, -0.05) is 37.3 Å². The number of amides is 6. The van der Waals surface area contributed by atoms with E-state index in [1.54, 1.807) is 32.0 Å². The summed E-state index contributed by atoms with van der Waals surface area (Å²) in [5, 5.41) is 4.79. The summed E-state index contributed by atoms with van der Waals surface area (Å²) in [4.78, 5) is 65.1. The van der Waals surface area contributed by atoms with Gasteiger partial charge in [0.05, 0.1) is 12.6 Å². The first-order chi connectivity index (χ1) is 16.0. The number of piperazine rings is 1. The van der Waals surface area contributed by atoms with Crippen LogP contribution in [0.3, 0.4) is 0 Å². The van der Waals surface area contributed by atoms with Crippen LogP contribution < -0.4 is 10.6 Å². The fourth-order valence-corrected chi connectivity index (χ4v) is 4.46. The van der Waals surface area contributed by atoms with Crippen LogP contribution in [-0.2, 0) is 29.5 Å². The predicted molar refractivity (Wildman–Crippen MR) is 123 cm³/mol. The zero-order valence-electron chi connectivity index (χ0n) is 18.5. The number of β-lactam (4-membered cyclic amide) rings is 1. The zero-order valence-corrected chi connectivity index (χ0v) is 19.3. The average Bonchev–Trinajstić information content (AvgIpc) is 2.80. The van der Waals surface area contributed by atoms with E-state index in [9.17, 15) is 32.4 Å². The van der Waals surface area contributed by atoms with Crippen molar-refractivity contribution in [3.63, 3.8) is 0 Å². The van der Waals surface area contributed by atoms with E-state index in [2.05, 4.69) is 10.6 Å². The molecule has 0 aromatic heterocycles. The molecule has 1 aromatic carbocycles. The third-order valence-corrected chi connectivity index (χ3v) is 6.59. The van der Waals surface area contributed by atoms with Crippen molar-refractivity contribution in [2.45, 2.75) is 38.4 Å². The van der Waals surface area contributed by atoms with Gasteiger partial charge < -0.3 is 15.5 Å². The van der Waals surface area contributed by atoms with Crippen LogP contribution in [-0.4, -0.2) is 118 Å². The van der Waals surface area contributed by atoms with Crippen LogP contribution in [0.2, 0.25) is 0 Å². The van der Waals surface area contributed by atoms with E-state index >= 15 is 0 Å². The number of hydrogen-bond donors (Lipinski definition) is 3. The number of likely N-dealkylation sites (N-methyl/N-ethyl adjacent to an activating group) is 1. The molecule has 0 saturated carbocycles. The van der Waals surface area contributed by atoms with Crippen molar-refractivity contribution in [2.24, 2.45) is 0 Å². The monoisotopic (exact) mass is 519 g/mol. The Morgan fingerprint density at radius 2 is 1.71 bits per heavy atom. The molecule has 3 N–H and O–H groups in total. The molecule has 3 rings (SSSR count). The predicted octanol–water partition coefficient (Wildman–Crippen LogP) is -1.61. The van der Waals surface area contributed by atoms with E-state index in [-0.39, 0.29) is 40.4 Å². The number of urea groups is 1. The van der Waals surface area contributed by atoms with E-state index in [1.165, 1.54) is 17.0 Å². The molecule has 0 aliphatic carbocycles. The maximum atomic E-state index is 13.1. The third-order valence-electron chi connectivity index (χ3n) is 5.71. The van der Waals surface area contributed by atoms with Crippen molar-refractivity contribution in [3.05, 3.63) is 35.9 Å². The van der Waals surface area contributed by atoms with Gasteiger partial charge in [-0.3, -0.25) is 28.6 Å². The number of hydrogen-bond acceptors (Lipinski definition) is 7. The van der Waals surface area contributed by atoms with Gasteiger partial charge >= 0.3 is 57.7 Å². The molecule has 186 valence electrons. The Morgan fingerprint density at radius 3 is 2.23 bits per heavy atom. The number of nitrogens with one attached hydrogen (secondary N) is 2. The first kappa shape index (κ1) is 28.7. The van der Waals surface area contributed by atoms with Gasteiger partial charge in [0.2, 0.25) is 5.91 Å². The summed E-state index contributed by atoms with van der Waals surface area (Å²) in [5.41, 5.74) is 0.325. The number of benzene rings is 1. The molecule has 35 heavy (non-hydrogen) atoms. The third kappa shape index (κ3) is 6.01. The summed E-state index contributed by atoms with van der Waals surface area (Å²) in [6.07, 6.45) is 0.382. The number of imide groups is 1. The standard InChI is InChI=1S/C20H25N5O8S.Na.H/c1-3-13-10-23(4-2)18(28)19(29)25(13)20(30)22-15(12-8-6-5-7-9-12)16(26)21-14-11-24(17(14)27)34(31,32)33;;/h5-9,13-15H,3-4,10-11H2,1-2H3,(H,21,26)(H,22,30)(H,31,32,33);;/t13-,14?,15?;;/m0../s1. The molecular weight excluding hydrogens is 493 g/mol. The SMILES string of the molecule is CC[C@H]1CN(CC)C(=O)C(=O)N1C(=O)NC(C(=O)NC1CN(S(=O)(=O)O)C1=O)c1ccccc1.[NaH]. The van der Waals surface area contributed by atoms with Gasteiger partial charge in [-0.25, -0.2) is 9.10 Å². The van der Waals surface area contributed by atoms with Crippen LogP contribution >= 0.6 is 0 Å². The molecule has 3 atom stereocenters. The van der Waals surface area contributed by atoms with Gasteiger partial charge in [0.25, 0.3) is 5.91 Å². The van der Waals surface area contributed by atoms with Crippen LogP contribution in [0, 0.1) is 0 Å². The summed E-state index contributed by atoms with van der Waals surface area (Å²) >= 11 is 0. The van der Waals surface area contributed by atoms with Crippen LogP contribution in [0.1, 0.15) is 31.9 Å². The maximum absolute atomic E-state index is 13.1. The molecule has 13 nitrogen and oxygen atoms in total. The second kappa shape index (κ2) is 11.5. The number of carbonyl (C=O) groups excluding carboxylic acids is 5. The summed E-state index contributed by atoms with van der Waals surface area (Å²) in [6.45, 7) is 3.47. The van der Waals surface area contributed by atoms with Gasteiger partial charge in [0, 0.05) is 13.1 Å². The van der Waals surface area contributed by atoms with Crippen LogP contribution in [0.4, 0.5) is 4.79 Å². The van der Waals surface area contributed by atoms with Crippen molar-refractivity contribution < 1.29 is 36.9 Å². The first-order valence-corrected chi connectivity index (χ1v) is 12.0. The molecule has 0 radical (unpaired) electrons. The van der Waals surface area contributed by atoms with E-state index in [4.69, 9.17) is 4.55 Å². The summed E-state index contributed by atoms with van der Waals surface area (Å²) in [7, 11) is -4.73. The zero-order chi connectivity index (χ0) is 25.2. The van der Waals surface area contributed by atoms with Gasteiger partial charge in [-0.15, -0.1) is 0 Å². The molecule has 15 heteroatoms. The van der Waals surface area contributed by atoms with Crippen molar-refractivity contribution in [1.82, 2.24) is 24.7 Å². The fraction of sp³-hybridized carbons (Fsp3) is 0.450. The molecule has 0 bridgehead atoms. The molecule has 0 spiro atoms. The summed E-state index contributed by atoms with van der Waals surface area (Å²) in [6, 6.07) is 3.85. The Kier molecular flexibility index (Phi) is 9.42. The normalized spacial score (nSPS) is 21.1. The van der Waals surface area contributed by atoms with Crippen LogP contribution in [0.5, 0.6) is 0 Å². The van der Waals surface area contributed by atoms with E-state index in [0.717, 1.165) is 4.90 Å². The molecule has 2 fully saturated rings. The van der Waals surface area contributed by atoms with Gasteiger partial charge in [-0.2, -0.15) is 8.42 Å². The van der Waals surface area contributed by atoms with Crippen molar-refractivity contribution in [3.8, 4) is 0 Å². The van der Waals surface area contributed by atoms with Crippen LogP contribution in [0.25, 0.3) is 0 Å². The fourth-order valence-electron chi connectivity index (χ4n) is 3.77. The van der Waals surface area contributed by atoms with Crippen molar-refractivity contribution in [2.75, 3.05) is 19.6 Å². The average molecular weight is 520 g/mol. The number of rotatable bonds is 7. The summed E-state index contributed by atoms with van der Waals surface area (Å²) in [5.74, 6) is -3.71. The van der Waals surface area contributed by atoms with Gasteiger partial charge in [0.1, 0.15) is 12.1 Å². The Labute approximate surface area is 224 Å². The molecule has 1 aromatic rings. The van der Waals surface area contributed by atoms with E-state index < -0.39 is 64.6 Å².